The third kappa shape index (κ3) is 1.29. The van der Waals surface area contributed by atoms with Crippen molar-refractivity contribution in [3.05, 3.63) is 34.2 Å². The average Bonchev–Trinajstić information content (AvgIpc) is 2.40. The normalized spacial score (nSPS) is 10.7. The van der Waals surface area contributed by atoms with E-state index in [0.717, 1.165) is 4.47 Å². The van der Waals surface area contributed by atoms with Gasteiger partial charge in [-0.25, -0.2) is 9.78 Å². The highest BCUT2D eigenvalue weighted by molar-refractivity contribution is 9.10. The molecule has 14 heavy (non-hydrogen) atoms. The fourth-order valence-electron chi connectivity index (χ4n) is 1.39. The second-order valence-electron chi connectivity index (χ2n) is 2.93. The quantitative estimate of drug-likeness (QED) is 0.848. The highest BCUT2D eigenvalue weighted by Crippen LogP contribution is 2.16. The lowest BCUT2D eigenvalue weighted by atomic mass is 10.3. The molecule has 2 heterocycles. The van der Waals surface area contributed by atoms with E-state index >= 15 is 0 Å². The molecule has 0 aliphatic heterocycles. The number of hydrogen-bond acceptors (Lipinski definition) is 2. The van der Waals surface area contributed by atoms with E-state index in [1.54, 1.807) is 23.6 Å². The smallest absolute Gasteiger partial charge is 0.354 e. The lowest BCUT2D eigenvalue weighted by Crippen LogP contribution is -2.03. The van der Waals surface area contributed by atoms with Gasteiger partial charge in [0.2, 0.25) is 0 Å². The van der Waals surface area contributed by atoms with Gasteiger partial charge in [-0.1, -0.05) is 0 Å². The molecule has 0 bridgehead atoms. The fourth-order valence-corrected chi connectivity index (χ4v) is 1.73. The molecule has 0 atom stereocenters. The molecular weight excluding hydrogens is 248 g/mol. The Morgan fingerprint density at radius 1 is 1.57 bits per heavy atom. The van der Waals surface area contributed by atoms with Crippen molar-refractivity contribution in [1.82, 2.24) is 9.38 Å². The van der Waals surface area contributed by atoms with E-state index in [2.05, 4.69) is 20.9 Å². The summed E-state index contributed by atoms with van der Waals surface area (Å²) in [5.74, 6) is -0.965. The summed E-state index contributed by atoms with van der Waals surface area (Å²) in [6.07, 6.45) is 1.69. The molecule has 1 N–H and O–H groups in total. The summed E-state index contributed by atoms with van der Waals surface area (Å²) in [5.41, 5.74) is 1.38. The first-order valence-electron chi connectivity index (χ1n) is 3.97. The van der Waals surface area contributed by atoms with Crippen LogP contribution in [0.5, 0.6) is 0 Å². The number of aromatic carboxylic acids is 1. The fraction of sp³-hybridized carbons (Fsp3) is 0.111. The van der Waals surface area contributed by atoms with Crippen molar-refractivity contribution in [3.8, 4) is 0 Å². The Morgan fingerprint density at radius 2 is 2.29 bits per heavy atom. The number of fused-ring (bicyclic) bond motifs is 1. The summed E-state index contributed by atoms with van der Waals surface area (Å²) in [7, 11) is 0. The van der Waals surface area contributed by atoms with Crippen molar-refractivity contribution in [3.63, 3.8) is 0 Å². The lowest BCUT2D eigenvalue weighted by molar-refractivity contribution is 0.0688. The van der Waals surface area contributed by atoms with Crippen molar-refractivity contribution in [2.45, 2.75) is 6.92 Å². The van der Waals surface area contributed by atoms with Crippen LogP contribution in [0.1, 0.15) is 16.2 Å². The van der Waals surface area contributed by atoms with Crippen LogP contribution in [0.15, 0.2) is 22.8 Å². The number of carboxylic acid groups (broad SMARTS) is 1. The predicted molar refractivity (Wildman–Crippen MR) is 54.6 cm³/mol. The van der Waals surface area contributed by atoms with E-state index in [0.29, 0.717) is 11.3 Å². The number of aryl methyl sites for hydroxylation is 1. The third-order valence-electron chi connectivity index (χ3n) is 1.96. The van der Waals surface area contributed by atoms with Crippen LogP contribution in [0, 0.1) is 6.92 Å². The van der Waals surface area contributed by atoms with Crippen LogP contribution in [-0.4, -0.2) is 20.5 Å². The predicted octanol–water partition coefficient (Wildman–Crippen LogP) is 2.10. The van der Waals surface area contributed by atoms with E-state index in [-0.39, 0.29) is 5.69 Å². The molecule has 5 heteroatoms. The molecule has 72 valence electrons. The second kappa shape index (κ2) is 3.09. The van der Waals surface area contributed by atoms with E-state index < -0.39 is 5.97 Å². The van der Waals surface area contributed by atoms with Crippen molar-refractivity contribution in [2.24, 2.45) is 0 Å². The molecule has 0 unspecified atom stereocenters. The van der Waals surface area contributed by atoms with Crippen molar-refractivity contribution in [1.29, 1.82) is 0 Å². The van der Waals surface area contributed by atoms with Gasteiger partial charge < -0.3 is 5.11 Å². The van der Waals surface area contributed by atoms with Crippen molar-refractivity contribution < 1.29 is 9.90 Å². The van der Waals surface area contributed by atoms with Crippen LogP contribution in [-0.2, 0) is 0 Å². The molecule has 0 saturated heterocycles. The Balaban J connectivity index is 2.86. The number of rotatable bonds is 1. The summed E-state index contributed by atoms with van der Waals surface area (Å²) in [6.45, 7) is 1.68. The van der Waals surface area contributed by atoms with Gasteiger partial charge in [0, 0.05) is 10.7 Å². The first-order chi connectivity index (χ1) is 6.59. The largest absolute Gasteiger partial charge is 0.477 e. The van der Waals surface area contributed by atoms with Crippen LogP contribution >= 0.6 is 15.9 Å². The Morgan fingerprint density at radius 3 is 2.93 bits per heavy atom. The number of nitrogens with zero attached hydrogens (tertiary/aromatic N) is 2. The Hall–Kier alpha value is -1.36. The molecule has 0 aliphatic carbocycles. The van der Waals surface area contributed by atoms with Gasteiger partial charge in [0.05, 0.1) is 5.69 Å². The summed E-state index contributed by atoms with van der Waals surface area (Å²) >= 11 is 3.28. The molecule has 2 rings (SSSR count). The van der Waals surface area contributed by atoms with Crippen LogP contribution in [0.2, 0.25) is 0 Å². The van der Waals surface area contributed by atoms with Gasteiger partial charge in [0.1, 0.15) is 5.65 Å². The van der Waals surface area contributed by atoms with Gasteiger partial charge in [-0.15, -0.1) is 0 Å². The molecule has 0 saturated carbocycles. The number of pyridine rings is 1. The van der Waals surface area contributed by atoms with E-state index in [9.17, 15) is 4.79 Å². The minimum absolute atomic E-state index is 0.210. The number of carbonyl (C=O) groups is 1. The molecule has 0 aromatic carbocycles. The molecule has 2 aromatic rings. The van der Waals surface area contributed by atoms with Gasteiger partial charge in [-0.2, -0.15) is 0 Å². The topological polar surface area (TPSA) is 54.6 Å². The monoisotopic (exact) mass is 254 g/mol. The van der Waals surface area contributed by atoms with Gasteiger partial charge >= 0.3 is 5.97 Å². The van der Waals surface area contributed by atoms with Crippen LogP contribution in [0.4, 0.5) is 0 Å². The molecule has 0 radical (unpaired) electrons. The Kier molecular flexibility index (Phi) is 2.03. The highest BCUT2D eigenvalue weighted by Gasteiger charge is 2.14. The van der Waals surface area contributed by atoms with E-state index in [1.165, 1.54) is 0 Å². The zero-order valence-electron chi connectivity index (χ0n) is 7.36. The molecule has 0 aliphatic rings. The maximum absolute atomic E-state index is 10.9. The molecule has 0 fully saturated rings. The Bertz CT molecular complexity index is 519. The summed E-state index contributed by atoms with van der Waals surface area (Å²) in [4.78, 5) is 15.1. The van der Waals surface area contributed by atoms with Gasteiger partial charge in [0.15, 0.2) is 5.69 Å². The molecule has 0 amide bonds. The van der Waals surface area contributed by atoms with Crippen molar-refractivity contribution in [2.75, 3.05) is 0 Å². The molecule has 2 aromatic heterocycles. The number of hydrogen-bond donors (Lipinski definition) is 1. The second-order valence-corrected chi connectivity index (χ2v) is 3.84. The SMILES string of the molecule is Cc1nc2ccc(Br)cn2c1C(=O)O. The molecule has 0 spiro atoms. The summed E-state index contributed by atoms with van der Waals surface area (Å²) in [6, 6.07) is 3.59. The van der Waals surface area contributed by atoms with E-state index in [1.807, 2.05) is 6.07 Å². The van der Waals surface area contributed by atoms with Gasteiger partial charge in [-0.3, -0.25) is 4.40 Å². The van der Waals surface area contributed by atoms with E-state index in [4.69, 9.17) is 5.11 Å². The van der Waals surface area contributed by atoms with Crippen LogP contribution in [0.25, 0.3) is 5.65 Å². The van der Waals surface area contributed by atoms with Gasteiger partial charge in [-0.05, 0) is 35.0 Å². The molecule has 4 nitrogen and oxygen atoms in total. The van der Waals surface area contributed by atoms with Crippen LogP contribution < -0.4 is 0 Å². The number of aromatic nitrogens is 2. The number of halogens is 1. The minimum atomic E-state index is -0.965. The highest BCUT2D eigenvalue weighted by atomic mass is 79.9. The zero-order chi connectivity index (χ0) is 10.3. The Labute approximate surface area is 88.3 Å². The lowest BCUT2D eigenvalue weighted by Gasteiger charge is -1.97. The first kappa shape index (κ1) is 9.21. The minimum Gasteiger partial charge on any atom is -0.477 e. The maximum Gasteiger partial charge on any atom is 0.354 e. The third-order valence-corrected chi connectivity index (χ3v) is 2.43. The maximum atomic E-state index is 10.9. The number of carboxylic acids is 1. The van der Waals surface area contributed by atoms with Crippen molar-refractivity contribution >= 4 is 27.5 Å². The number of imidazole rings is 1. The molecular formula is C9H7BrN2O2. The summed E-state index contributed by atoms with van der Waals surface area (Å²) < 4.78 is 2.38. The van der Waals surface area contributed by atoms with Gasteiger partial charge in [0.25, 0.3) is 0 Å². The standard InChI is InChI=1S/C9H7BrN2O2/c1-5-8(9(13)14)12-4-6(10)2-3-7(12)11-5/h2-4H,1H3,(H,13,14). The van der Waals surface area contributed by atoms with Crippen LogP contribution in [0.3, 0.4) is 0 Å². The zero-order valence-corrected chi connectivity index (χ0v) is 8.95. The summed E-state index contributed by atoms with van der Waals surface area (Å²) in [5, 5.41) is 8.97. The average molecular weight is 255 g/mol. The first-order valence-corrected chi connectivity index (χ1v) is 4.76.